The van der Waals surface area contributed by atoms with E-state index in [1.807, 2.05) is 85.8 Å². The van der Waals surface area contributed by atoms with Crippen molar-refractivity contribution in [3.8, 4) is 12.1 Å². The number of nitrogens with zero attached hydrogens (tertiary/aromatic N) is 4. The minimum absolute atomic E-state index is 0.232. The summed E-state index contributed by atoms with van der Waals surface area (Å²) in [6.07, 6.45) is 3.62. The van der Waals surface area contributed by atoms with Crippen LogP contribution < -0.4 is 9.80 Å². The number of nitriles is 2. The lowest BCUT2D eigenvalue weighted by Gasteiger charge is -2.36. The number of aryl methyl sites for hydroxylation is 1. The van der Waals surface area contributed by atoms with E-state index in [1.54, 1.807) is 15.9 Å². The van der Waals surface area contributed by atoms with Crippen LogP contribution in [0.15, 0.2) is 78.9 Å². The molecule has 7 nitrogen and oxygen atoms in total. The van der Waals surface area contributed by atoms with Gasteiger partial charge in [-0.2, -0.15) is 10.5 Å². The first kappa shape index (κ1) is 23.5. The Kier molecular flexibility index (Phi) is 5.15. The maximum Gasteiger partial charge on any atom is 0.330 e. The number of fused-ring (bicyclic) bond motifs is 5. The Balaban J connectivity index is 1.69. The van der Waals surface area contributed by atoms with Crippen LogP contribution in [0.25, 0.3) is 6.08 Å². The first-order valence-corrected chi connectivity index (χ1v) is 12.4. The Labute approximate surface area is 220 Å². The molecule has 3 aromatic carbocycles. The van der Waals surface area contributed by atoms with E-state index in [0.717, 1.165) is 16.7 Å². The van der Waals surface area contributed by atoms with Gasteiger partial charge in [-0.25, -0.2) is 4.79 Å². The Hall–Kier alpha value is -4.88. The zero-order valence-corrected chi connectivity index (χ0v) is 21.0. The number of benzene rings is 3. The lowest BCUT2D eigenvalue weighted by molar-refractivity contribution is -0.146. The number of ether oxygens (including phenoxy) is 1. The lowest BCUT2D eigenvalue weighted by atomic mass is 9.58. The van der Waals surface area contributed by atoms with E-state index in [0.29, 0.717) is 16.9 Å². The summed E-state index contributed by atoms with van der Waals surface area (Å²) in [6.45, 7) is 2.12. The zero-order valence-electron chi connectivity index (χ0n) is 21.0. The molecule has 7 heteroatoms. The zero-order chi connectivity index (χ0) is 26.7. The molecule has 0 saturated carbocycles. The number of esters is 1. The SMILES string of the molecule is COC(=O)C1N2c3ccccc3C=CC2C(C#N)(C#N)C12C(=O)N(Cc1ccccc1)c1ccc(C)cc12. The molecule has 6 rings (SSSR count). The van der Waals surface area contributed by atoms with Crippen molar-refractivity contribution in [3.05, 3.63) is 101 Å². The Morgan fingerprint density at radius 2 is 1.71 bits per heavy atom. The van der Waals surface area contributed by atoms with Crippen LogP contribution in [0.5, 0.6) is 0 Å². The molecule has 0 N–H and O–H groups in total. The van der Waals surface area contributed by atoms with Gasteiger partial charge >= 0.3 is 5.97 Å². The third-order valence-corrected chi connectivity index (χ3v) is 8.14. The molecule has 1 amide bonds. The van der Waals surface area contributed by atoms with Crippen molar-refractivity contribution in [3.63, 3.8) is 0 Å². The molecule has 3 aromatic rings. The van der Waals surface area contributed by atoms with E-state index < -0.39 is 34.8 Å². The third-order valence-electron chi connectivity index (χ3n) is 8.14. The molecular formula is C31H24N4O3. The quantitative estimate of drug-likeness (QED) is 0.498. The molecule has 38 heavy (non-hydrogen) atoms. The van der Waals surface area contributed by atoms with Crippen LogP contribution in [-0.4, -0.2) is 31.1 Å². The number of carbonyl (C=O) groups excluding carboxylic acids is 2. The van der Waals surface area contributed by atoms with Gasteiger partial charge in [0.1, 0.15) is 11.5 Å². The number of hydrogen-bond donors (Lipinski definition) is 0. The molecule has 3 heterocycles. The second kappa shape index (κ2) is 8.33. The molecule has 186 valence electrons. The maximum atomic E-state index is 14.9. The van der Waals surface area contributed by atoms with Crippen LogP contribution in [0, 0.1) is 35.0 Å². The number of anilines is 2. The Morgan fingerprint density at radius 1 is 1.00 bits per heavy atom. The van der Waals surface area contributed by atoms with Crippen LogP contribution in [0.1, 0.15) is 22.3 Å². The second-order valence-electron chi connectivity index (χ2n) is 9.93. The van der Waals surface area contributed by atoms with E-state index in [-0.39, 0.29) is 6.54 Å². The predicted molar refractivity (Wildman–Crippen MR) is 142 cm³/mol. The molecule has 0 aromatic heterocycles. The average Bonchev–Trinajstić information content (AvgIpc) is 3.36. The van der Waals surface area contributed by atoms with Gasteiger partial charge in [0, 0.05) is 11.4 Å². The van der Waals surface area contributed by atoms with Crippen LogP contribution >= 0.6 is 0 Å². The minimum Gasteiger partial charge on any atom is -0.467 e. The van der Waals surface area contributed by atoms with Gasteiger partial charge in [0.25, 0.3) is 0 Å². The van der Waals surface area contributed by atoms with Crippen molar-refractivity contribution in [2.45, 2.75) is 31.0 Å². The van der Waals surface area contributed by atoms with Crippen molar-refractivity contribution >= 4 is 29.3 Å². The van der Waals surface area contributed by atoms with Crippen LogP contribution in [0.3, 0.4) is 0 Å². The topological polar surface area (TPSA) is 97.4 Å². The molecule has 3 atom stereocenters. The van der Waals surface area contributed by atoms with Crippen LogP contribution in [0.4, 0.5) is 11.4 Å². The smallest absolute Gasteiger partial charge is 0.330 e. The Morgan fingerprint density at radius 3 is 2.42 bits per heavy atom. The van der Waals surface area contributed by atoms with Crippen molar-refractivity contribution in [1.29, 1.82) is 10.5 Å². The van der Waals surface area contributed by atoms with Gasteiger partial charge in [0.15, 0.2) is 5.41 Å². The third kappa shape index (κ3) is 2.76. The second-order valence-corrected chi connectivity index (χ2v) is 9.93. The average molecular weight is 501 g/mol. The fraction of sp³-hybridized carbons (Fsp3) is 0.226. The summed E-state index contributed by atoms with van der Waals surface area (Å²) >= 11 is 0. The summed E-state index contributed by atoms with van der Waals surface area (Å²) in [6, 6.07) is 25.0. The van der Waals surface area contributed by atoms with Crippen molar-refractivity contribution in [2.24, 2.45) is 5.41 Å². The molecule has 0 bridgehead atoms. The molecular weight excluding hydrogens is 476 g/mol. The summed E-state index contributed by atoms with van der Waals surface area (Å²) < 4.78 is 5.32. The number of methoxy groups -OCH3 is 1. The molecule has 0 aliphatic carbocycles. The Bertz CT molecular complexity index is 1590. The van der Waals surface area contributed by atoms with Gasteiger partial charge in [-0.05, 0) is 35.7 Å². The molecule has 3 aliphatic heterocycles. The summed E-state index contributed by atoms with van der Waals surface area (Å²) in [5.74, 6) is -1.13. The molecule has 3 unspecified atom stereocenters. The van der Waals surface area contributed by atoms with E-state index in [2.05, 4.69) is 12.1 Å². The lowest BCUT2D eigenvalue weighted by Crippen LogP contribution is -2.59. The van der Waals surface area contributed by atoms with Gasteiger partial charge in [-0.15, -0.1) is 0 Å². The first-order valence-electron chi connectivity index (χ1n) is 12.4. The standard InChI is InChI=1S/C31H24N4O3/c1-20-12-14-25-23(16-20)31(29(37)34(25)17-21-8-4-3-5-9-21)27(28(36)38-2)35-24-11-7-6-10-22(24)13-15-26(35)30(31,18-32)19-33/h3-16,26-27H,17H2,1-2H3. The highest BCUT2D eigenvalue weighted by Crippen LogP contribution is 2.63. The molecule has 3 aliphatic rings. The number of rotatable bonds is 3. The fourth-order valence-electron chi connectivity index (χ4n) is 6.55. The summed E-state index contributed by atoms with van der Waals surface area (Å²) in [7, 11) is 1.27. The molecule has 0 radical (unpaired) electrons. The van der Waals surface area contributed by atoms with E-state index in [4.69, 9.17) is 4.74 Å². The van der Waals surface area contributed by atoms with Crippen molar-refractivity contribution < 1.29 is 14.3 Å². The highest BCUT2D eigenvalue weighted by atomic mass is 16.5. The van der Waals surface area contributed by atoms with Crippen LogP contribution in [0.2, 0.25) is 0 Å². The van der Waals surface area contributed by atoms with Gasteiger partial charge < -0.3 is 14.5 Å². The summed E-state index contributed by atoms with van der Waals surface area (Å²) in [4.78, 5) is 32.0. The van der Waals surface area contributed by atoms with E-state index in [9.17, 15) is 20.1 Å². The molecule has 1 spiro atoms. The van der Waals surface area contributed by atoms with Gasteiger partial charge in [0.2, 0.25) is 5.91 Å². The number of amides is 1. The molecule has 1 fully saturated rings. The van der Waals surface area contributed by atoms with Gasteiger partial charge in [-0.3, -0.25) is 4.79 Å². The van der Waals surface area contributed by atoms with Gasteiger partial charge in [0.05, 0.1) is 31.8 Å². The summed E-state index contributed by atoms with van der Waals surface area (Å²) in [5, 5.41) is 21.7. The molecule has 1 saturated heterocycles. The minimum atomic E-state index is -1.92. The number of para-hydroxylation sites is 1. The van der Waals surface area contributed by atoms with Crippen molar-refractivity contribution in [1.82, 2.24) is 0 Å². The van der Waals surface area contributed by atoms with E-state index >= 15 is 0 Å². The summed E-state index contributed by atoms with van der Waals surface area (Å²) in [5.41, 5.74) is 0.586. The monoisotopic (exact) mass is 500 g/mol. The van der Waals surface area contributed by atoms with Gasteiger partial charge in [-0.1, -0.05) is 78.4 Å². The fourth-order valence-corrected chi connectivity index (χ4v) is 6.55. The normalized spacial score (nSPS) is 23.8. The van der Waals surface area contributed by atoms with Crippen LogP contribution in [-0.2, 0) is 26.3 Å². The number of carbonyl (C=O) groups is 2. The van der Waals surface area contributed by atoms with E-state index in [1.165, 1.54) is 7.11 Å². The largest absolute Gasteiger partial charge is 0.467 e. The highest BCUT2D eigenvalue weighted by Gasteiger charge is 2.79. The maximum absolute atomic E-state index is 14.9. The van der Waals surface area contributed by atoms with Crippen molar-refractivity contribution in [2.75, 3.05) is 16.9 Å². The first-order chi connectivity index (χ1) is 18.4. The number of hydrogen-bond acceptors (Lipinski definition) is 6. The predicted octanol–water partition coefficient (Wildman–Crippen LogP) is 4.27. The highest BCUT2D eigenvalue weighted by molar-refractivity contribution is 6.15.